The molecule has 0 bridgehead atoms. The number of nitrogens with one attached hydrogen (secondary N) is 1. The number of nitrogens with zero attached hydrogens (tertiary/aromatic N) is 2. The lowest BCUT2D eigenvalue weighted by atomic mass is 10.0. The molecule has 0 saturated carbocycles. The maximum absolute atomic E-state index is 13.3. The van der Waals surface area contributed by atoms with Crippen molar-refractivity contribution in [3.63, 3.8) is 0 Å². The van der Waals surface area contributed by atoms with Crippen LogP contribution in [-0.2, 0) is 7.05 Å². The highest BCUT2D eigenvalue weighted by Crippen LogP contribution is 2.28. The molecule has 0 radical (unpaired) electrons. The molecule has 0 spiro atoms. The highest BCUT2D eigenvalue weighted by Gasteiger charge is 2.20. The fourth-order valence-corrected chi connectivity index (χ4v) is 2.48. The summed E-state index contributed by atoms with van der Waals surface area (Å²) in [5, 5.41) is 7.18. The fourth-order valence-electron chi connectivity index (χ4n) is 1.90. The lowest BCUT2D eigenvalue weighted by Crippen LogP contribution is -2.21. The summed E-state index contributed by atoms with van der Waals surface area (Å²) in [5.41, 5.74) is 1.49. The topological polar surface area (TPSA) is 29.9 Å². The van der Waals surface area contributed by atoms with Gasteiger partial charge in [0.1, 0.15) is 0 Å². The number of aryl methyl sites for hydroxylation is 1. The van der Waals surface area contributed by atoms with Gasteiger partial charge in [-0.3, -0.25) is 4.68 Å². The number of rotatable bonds is 3. The molecule has 0 fully saturated rings. The third-order valence-corrected chi connectivity index (χ3v) is 3.39. The maximum Gasteiger partial charge on any atom is 0.159 e. The molecule has 3 nitrogen and oxygen atoms in total. The fraction of sp³-hybridized carbons (Fsp3) is 0.250. The second-order valence-corrected chi connectivity index (χ2v) is 4.75. The summed E-state index contributed by atoms with van der Waals surface area (Å²) in [6, 6.07) is 3.61. The molecule has 1 unspecified atom stereocenters. The van der Waals surface area contributed by atoms with Crippen LogP contribution in [-0.4, -0.2) is 16.8 Å². The van der Waals surface area contributed by atoms with Gasteiger partial charge in [0.15, 0.2) is 11.6 Å². The van der Waals surface area contributed by atoms with E-state index >= 15 is 0 Å². The standard InChI is InChI=1S/C12H12BrF2N3/c1-16-11(12-8(13)6-17-18(12)2)7-3-4-9(14)10(15)5-7/h3-6,11,16H,1-2H3. The smallest absolute Gasteiger partial charge is 0.159 e. The molecule has 18 heavy (non-hydrogen) atoms. The van der Waals surface area contributed by atoms with Crippen LogP contribution < -0.4 is 5.32 Å². The van der Waals surface area contributed by atoms with Gasteiger partial charge in [-0.05, 0) is 40.7 Å². The molecule has 0 aliphatic carbocycles. The average molecular weight is 316 g/mol. The minimum Gasteiger partial charge on any atom is -0.308 e. The van der Waals surface area contributed by atoms with Crippen LogP contribution in [0.25, 0.3) is 0 Å². The van der Waals surface area contributed by atoms with Gasteiger partial charge in [0, 0.05) is 7.05 Å². The van der Waals surface area contributed by atoms with Crippen molar-refractivity contribution in [2.75, 3.05) is 7.05 Å². The minimum atomic E-state index is -0.856. The highest BCUT2D eigenvalue weighted by atomic mass is 79.9. The summed E-state index contributed by atoms with van der Waals surface area (Å²) < 4.78 is 28.7. The van der Waals surface area contributed by atoms with Crippen LogP contribution in [0.5, 0.6) is 0 Å². The van der Waals surface area contributed by atoms with Crippen molar-refractivity contribution in [1.29, 1.82) is 0 Å². The molecular formula is C12H12BrF2N3. The van der Waals surface area contributed by atoms with Crippen molar-refractivity contribution < 1.29 is 8.78 Å². The molecule has 1 aromatic carbocycles. The van der Waals surface area contributed by atoms with Crippen LogP contribution in [0.3, 0.4) is 0 Å². The van der Waals surface area contributed by atoms with Crippen molar-refractivity contribution in [1.82, 2.24) is 15.1 Å². The monoisotopic (exact) mass is 315 g/mol. The second-order valence-electron chi connectivity index (χ2n) is 3.90. The van der Waals surface area contributed by atoms with Gasteiger partial charge in [0.05, 0.1) is 22.4 Å². The largest absolute Gasteiger partial charge is 0.308 e. The van der Waals surface area contributed by atoms with Crippen molar-refractivity contribution in [2.24, 2.45) is 7.05 Å². The molecule has 2 rings (SSSR count). The first-order valence-electron chi connectivity index (χ1n) is 5.34. The Morgan fingerprint density at radius 3 is 2.56 bits per heavy atom. The molecular weight excluding hydrogens is 304 g/mol. The van der Waals surface area contributed by atoms with E-state index in [1.807, 2.05) is 0 Å². The van der Waals surface area contributed by atoms with Crippen LogP contribution in [0.2, 0.25) is 0 Å². The number of benzene rings is 1. The molecule has 0 amide bonds. The van der Waals surface area contributed by atoms with Crippen molar-refractivity contribution in [3.05, 3.63) is 51.8 Å². The Bertz CT molecular complexity index is 549. The zero-order valence-electron chi connectivity index (χ0n) is 9.92. The zero-order chi connectivity index (χ0) is 13.3. The molecule has 0 saturated heterocycles. The molecule has 1 heterocycles. The first-order valence-corrected chi connectivity index (χ1v) is 6.13. The van der Waals surface area contributed by atoms with Gasteiger partial charge in [0.2, 0.25) is 0 Å². The van der Waals surface area contributed by atoms with E-state index in [0.29, 0.717) is 5.56 Å². The molecule has 2 aromatic rings. The number of hydrogen-bond donors (Lipinski definition) is 1. The normalized spacial score (nSPS) is 12.7. The molecule has 1 aromatic heterocycles. The average Bonchev–Trinajstić information content (AvgIpc) is 2.66. The van der Waals surface area contributed by atoms with Crippen molar-refractivity contribution in [2.45, 2.75) is 6.04 Å². The van der Waals surface area contributed by atoms with E-state index in [2.05, 4.69) is 26.3 Å². The third kappa shape index (κ3) is 2.30. The van der Waals surface area contributed by atoms with Gasteiger partial charge in [-0.15, -0.1) is 0 Å². The van der Waals surface area contributed by atoms with Crippen LogP contribution in [0.4, 0.5) is 8.78 Å². The van der Waals surface area contributed by atoms with Crippen LogP contribution >= 0.6 is 15.9 Å². The third-order valence-electron chi connectivity index (χ3n) is 2.78. The van der Waals surface area contributed by atoms with Gasteiger partial charge < -0.3 is 5.32 Å². The van der Waals surface area contributed by atoms with Gasteiger partial charge in [0.25, 0.3) is 0 Å². The molecule has 96 valence electrons. The number of aromatic nitrogens is 2. The molecule has 1 atom stereocenters. The summed E-state index contributed by atoms with van der Waals surface area (Å²) in [6.45, 7) is 0. The quantitative estimate of drug-likeness (QED) is 0.944. The van der Waals surface area contributed by atoms with E-state index < -0.39 is 11.6 Å². The lowest BCUT2D eigenvalue weighted by Gasteiger charge is -2.18. The summed E-state index contributed by atoms with van der Waals surface area (Å²) in [4.78, 5) is 0. The predicted octanol–water partition coefficient (Wildman–Crippen LogP) is 2.77. The van der Waals surface area contributed by atoms with E-state index in [1.165, 1.54) is 6.07 Å². The van der Waals surface area contributed by atoms with Gasteiger partial charge in [-0.25, -0.2) is 8.78 Å². The Morgan fingerprint density at radius 2 is 2.06 bits per heavy atom. The summed E-state index contributed by atoms with van der Waals surface area (Å²) in [5.74, 6) is -1.70. The van der Waals surface area contributed by atoms with Gasteiger partial charge in [-0.1, -0.05) is 6.07 Å². The van der Waals surface area contributed by atoms with Crippen LogP contribution in [0.15, 0.2) is 28.9 Å². The Balaban J connectivity index is 2.48. The Kier molecular flexibility index (Phi) is 3.77. The lowest BCUT2D eigenvalue weighted by molar-refractivity contribution is 0.503. The van der Waals surface area contributed by atoms with Crippen LogP contribution in [0, 0.1) is 11.6 Å². The maximum atomic E-state index is 13.3. The summed E-state index contributed by atoms with van der Waals surface area (Å²) >= 11 is 3.40. The SMILES string of the molecule is CNC(c1ccc(F)c(F)c1)c1c(Br)cnn1C. The van der Waals surface area contributed by atoms with Crippen LogP contribution in [0.1, 0.15) is 17.3 Å². The molecule has 0 aliphatic heterocycles. The van der Waals surface area contributed by atoms with E-state index in [4.69, 9.17) is 0 Å². The molecule has 6 heteroatoms. The summed E-state index contributed by atoms with van der Waals surface area (Å²) in [6.07, 6.45) is 1.67. The highest BCUT2D eigenvalue weighted by molar-refractivity contribution is 9.10. The zero-order valence-corrected chi connectivity index (χ0v) is 11.5. The summed E-state index contributed by atoms with van der Waals surface area (Å²) in [7, 11) is 3.55. The van der Waals surface area contributed by atoms with E-state index in [1.54, 1.807) is 31.0 Å². The molecule has 0 aliphatic rings. The van der Waals surface area contributed by atoms with E-state index in [0.717, 1.165) is 16.2 Å². The second kappa shape index (κ2) is 5.16. The number of halogens is 3. The molecule has 1 N–H and O–H groups in total. The Labute approximate surface area is 112 Å². The van der Waals surface area contributed by atoms with Gasteiger partial charge >= 0.3 is 0 Å². The first-order chi connectivity index (χ1) is 8.54. The predicted molar refractivity (Wildman–Crippen MR) is 68.2 cm³/mol. The first kappa shape index (κ1) is 13.2. The van der Waals surface area contributed by atoms with Crippen molar-refractivity contribution >= 4 is 15.9 Å². The van der Waals surface area contributed by atoms with Crippen molar-refractivity contribution in [3.8, 4) is 0 Å². The Hall–Kier alpha value is -1.27. The Morgan fingerprint density at radius 1 is 1.33 bits per heavy atom. The van der Waals surface area contributed by atoms with Gasteiger partial charge in [-0.2, -0.15) is 5.10 Å². The van der Waals surface area contributed by atoms with E-state index in [-0.39, 0.29) is 6.04 Å². The number of hydrogen-bond acceptors (Lipinski definition) is 2. The minimum absolute atomic E-state index is 0.262. The van der Waals surface area contributed by atoms with E-state index in [9.17, 15) is 8.78 Å².